The lowest BCUT2D eigenvalue weighted by Crippen LogP contribution is -2.43. The van der Waals surface area contributed by atoms with Crippen LogP contribution in [0.4, 0.5) is 0 Å². The van der Waals surface area contributed by atoms with Crippen LogP contribution in [-0.2, 0) is 23.9 Å². The summed E-state index contributed by atoms with van der Waals surface area (Å²) in [5.74, 6) is -2.04. The molecule has 3 aliphatic rings. The molecule has 26 heavy (non-hydrogen) atoms. The summed E-state index contributed by atoms with van der Waals surface area (Å²) in [6.07, 6.45) is 1.23. The highest BCUT2D eigenvalue weighted by molar-refractivity contribution is 14.1. The van der Waals surface area contributed by atoms with E-state index in [1.165, 1.54) is 0 Å². The molecule has 1 aliphatic heterocycles. The Morgan fingerprint density at radius 3 is 2.69 bits per heavy atom. The molecule has 1 heterocycles. The van der Waals surface area contributed by atoms with Gasteiger partial charge in [-0.25, -0.2) is 0 Å². The van der Waals surface area contributed by atoms with E-state index < -0.39 is 17.9 Å². The third-order valence-corrected chi connectivity index (χ3v) is 6.34. The van der Waals surface area contributed by atoms with E-state index in [1.54, 1.807) is 6.92 Å². The minimum Gasteiger partial charge on any atom is -0.465 e. The molecule has 1 saturated carbocycles. The Kier molecular flexibility index (Phi) is 4.62. The van der Waals surface area contributed by atoms with Crippen molar-refractivity contribution < 1.29 is 23.9 Å². The van der Waals surface area contributed by atoms with E-state index in [2.05, 4.69) is 22.6 Å². The summed E-state index contributed by atoms with van der Waals surface area (Å²) in [5, 5.41) is 0. The molecule has 0 radical (unpaired) electrons. The third kappa shape index (κ3) is 2.78. The van der Waals surface area contributed by atoms with Gasteiger partial charge in [-0.2, -0.15) is 0 Å². The Balaban J connectivity index is 1.82. The molecule has 5 nitrogen and oxygen atoms in total. The summed E-state index contributed by atoms with van der Waals surface area (Å²) in [7, 11) is 0. The molecule has 0 unspecified atom stereocenters. The summed E-state index contributed by atoms with van der Waals surface area (Å²) < 4.78 is 11.5. The third-order valence-electron chi connectivity index (χ3n) is 5.62. The number of halogens is 1. The number of fused-ring (bicyclic) bond motifs is 3. The number of Topliss-reactive ketones (excluding diaryl/α,β-unsaturated/α-hetero) is 1. The van der Waals surface area contributed by atoms with Gasteiger partial charge in [0.05, 0.1) is 13.2 Å². The maximum absolute atomic E-state index is 12.7. The summed E-state index contributed by atoms with van der Waals surface area (Å²) in [5.41, 5.74) is 2.54. The predicted molar refractivity (Wildman–Crippen MR) is 102 cm³/mol. The van der Waals surface area contributed by atoms with E-state index in [0.29, 0.717) is 18.6 Å². The number of carbonyl (C=O) groups is 3. The van der Waals surface area contributed by atoms with Crippen LogP contribution in [0.5, 0.6) is 0 Å². The van der Waals surface area contributed by atoms with Crippen molar-refractivity contribution >= 4 is 45.9 Å². The van der Waals surface area contributed by atoms with Crippen LogP contribution in [0.15, 0.2) is 29.8 Å². The SMILES string of the molecule is CCOC(=O)[C@H]1C(=O)OC[C@@H]2C[C@H]3CC(=O)C(c4ccc(I)cc4)=C3[C@@H]21. The van der Waals surface area contributed by atoms with E-state index >= 15 is 0 Å². The molecule has 0 spiro atoms. The highest BCUT2D eigenvalue weighted by Crippen LogP contribution is 2.55. The lowest BCUT2D eigenvalue weighted by Gasteiger charge is -2.32. The monoisotopic (exact) mass is 466 g/mol. The number of cyclic esters (lactones) is 1. The highest BCUT2D eigenvalue weighted by Gasteiger charge is 2.56. The van der Waals surface area contributed by atoms with Gasteiger partial charge in [-0.1, -0.05) is 17.7 Å². The Hall–Kier alpha value is -1.70. The molecule has 0 bridgehead atoms. The van der Waals surface area contributed by atoms with Crippen LogP contribution in [-0.4, -0.2) is 30.9 Å². The largest absolute Gasteiger partial charge is 0.465 e. The quantitative estimate of drug-likeness (QED) is 0.389. The van der Waals surface area contributed by atoms with E-state index in [9.17, 15) is 14.4 Å². The van der Waals surface area contributed by atoms with Crippen LogP contribution in [0, 0.1) is 27.2 Å². The molecule has 6 heteroatoms. The van der Waals surface area contributed by atoms with Crippen molar-refractivity contribution in [2.75, 3.05) is 13.2 Å². The van der Waals surface area contributed by atoms with Gasteiger partial charge in [0.1, 0.15) is 0 Å². The lowest BCUT2D eigenvalue weighted by molar-refractivity contribution is -0.171. The standard InChI is InChI=1S/C20H19IO5/c1-2-25-19(23)18-17-12(9-26-20(18)24)7-11-8-14(22)15(16(11)17)10-3-5-13(21)6-4-10/h3-6,11-12,17-18H,2,7-9H2,1H3/t11-,12-,17+,18-/m0/s1. The molecule has 1 aromatic carbocycles. The Morgan fingerprint density at radius 1 is 1.27 bits per heavy atom. The van der Waals surface area contributed by atoms with Crippen LogP contribution >= 0.6 is 22.6 Å². The minimum absolute atomic E-state index is 0.0778. The second-order valence-corrected chi connectivity index (χ2v) is 8.29. The molecule has 1 aromatic rings. The molecule has 0 amide bonds. The summed E-state index contributed by atoms with van der Waals surface area (Å²) in [6.45, 7) is 2.25. The van der Waals surface area contributed by atoms with Gasteiger partial charge in [0.2, 0.25) is 0 Å². The number of hydrogen-bond acceptors (Lipinski definition) is 5. The summed E-state index contributed by atoms with van der Waals surface area (Å²) in [4.78, 5) is 37.6. The molecular formula is C20H19IO5. The second-order valence-electron chi connectivity index (χ2n) is 7.04. The summed E-state index contributed by atoms with van der Waals surface area (Å²) in [6, 6.07) is 7.82. The van der Waals surface area contributed by atoms with Gasteiger partial charge < -0.3 is 9.47 Å². The van der Waals surface area contributed by atoms with Gasteiger partial charge in [-0.15, -0.1) is 0 Å². The van der Waals surface area contributed by atoms with Gasteiger partial charge in [-0.3, -0.25) is 14.4 Å². The van der Waals surface area contributed by atoms with Crippen molar-refractivity contribution in [2.45, 2.75) is 19.8 Å². The van der Waals surface area contributed by atoms with Gasteiger partial charge in [0.15, 0.2) is 11.7 Å². The van der Waals surface area contributed by atoms with Crippen molar-refractivity contribution in [2.24, 2.45) is 23.7 Å². The molecular weight excluding hydrogens is 447 g/mol. The number of ether oxygens (including phenoxy) is 2. The average Bonchev–Trinajstić information content (AvgIpc) is 3.10. The number of hydrogen-bond donors (Lipinski definition) is 0. The highest BCUT2D eigenvalue weighted by atomic mass is 127. The minimum atomic E-state index is -0.960. The number of benzene rings is 1. The lowest BCUT2D eigenvalue weighted by atomic mass is 9.78. The van der Waals surface area contributed by atoms with Crippen LogP contribution in [0.2, 0.25) is 0 Å². The van der Waals surface area contributed by atoms with Gasteiger partial charge in [0.25, 0.3) is 0 Å². The normalized spacial score (nSPS) is 30.1. The van der Waals surface area contributed by atoms with E-state index in [4.69, 9.17) is 9.47 Å². The fourth-order valence-electron chi connectivity index (χ4n) is 4.68. The number of rotatable bonds is 3. The number of ketones is 1. The Bertz CT molecular complexity index is 810. The molecule has 0 N–H and O–H groups in total. The van der Waals surface area contributed by atoms with Crippen molar-refractivity contribution in [3.63, 3.8) is 0 Å². The molecule has 2 fully saturated rings. The van der Waals surface area contributed by atoms with E-state index in [1.807, 2.05) is 24.3 Å². The first-order valence-corrected chi connectivity index (χ1v) is 9.95. The van der Waals surface area contributed by atoms with Crippen molar-refractivity contribution in [1.29, 1.82) is 0 Å². The smallest absolute Gasteiger partial charge is 0.320 e. The fourth-order valence-corrected chi connectivity index (χ4v) is 5.04. The molecule has 4 atom stereocenters. The van der Waals surface area contributed by atoms with Gasteiger partial charge in [-0.05, 0) is 59.5 Å². The zero-order chi connectivity index (χ0) is 18.4. The van der Waals surface area contributed by atoms with Gasteiger partial charge >= 0.3 is 11.9 Å². The molecule has 4 rings (SSSR count). The maximum atomic E-state index is 12.7. The Morgan fingerprint density at radius 2 is 2.00 bits per heavy atom. The number of carbonyl (C=O) groups excluding carboxylic acids is 3. The van der Waals surface area contributed by atoms with Crippen molar-refractivity contribution in [3.05, 3.63) is 39.0 Å². The summed E-state index contributed by atoms with van der Waals surface area (Å²) >= 11 is 2.23. The van der Waals surface area contributed by atoms with E-state index in [-0.39, 0.29) is 30.1 Å². The Labute approximate surface area is 165 Å². The molecule has 0 aromatic heterocycles. The zero-order valence-electron chi connectivity index (χ0n) is 14.4. The second kappa shape index (κ2) is 6.79. The maximum Gasteiger partial charge on any atom is 0.320 e. The van der Waals surface area contributed by atoms with Crippen LogP contribution < -0.4 is 0 Å². The average molecular weight is 466 g/mol. The van der Waals surface area contributed by atoms with Crippen LogP contribution in [0.1, 0.15) is 25.3 Å². The van der Waals surface area contributed by atoms with Gasteiger partial charge in [0, 0.05) is 27.4 Å². The van der Waals surface area contributed by atoms with Crippen LogP contribution in [0.3, 0.4) is 0 Å². The fraction of sp³-hybridized carbons (Fsp3) is 0.450. The van der Waals surface area contributed by atoms with Crippen molar-refractivity contribution in [3.8, 4) is 0 Å². The molecule has 2 aliphatic carbocycles. The zero-order valence-corrected chi connectivity index (χ0v) is 16.5. The first-order chi connectivity index (χ1) is 12.5. The van der Waals surface area contributed by atoms with Crippen LogP contribution in [0.25, 0.3) is 5.57 Å². The number of allylic oxidation sites excluding steroid dienone is 2. The molecule has 136 valence electrons. The number of esters is 2. The van der Waals surface area contributed by atoms with E-state index in [0.717, 1.165) is 21.1 Å². The first kappa shape index (κ1) is 17.7. The topological polar surface area (TPSA) is 69.7 Å². The van der Waals surface area contributed by atoms with Crippen molar-refractivity contribution in [1.82, 2.24) is 0 Å². The first-order valence-electron chi connectivity index (χ1n) is 8.87. The molecule has 1 saturated heterocycles. The predicted octanol–water partition coefficient (Wildman–Crippen LogP) is 3.01.